The maximum absolute atomic E-state index is 12.5. The van der Waals surface area contributed by atoms with Crippen LogP contribution in [0.3, 0.4) is 0 Å². The lowest BCUT2D eigenvalue weighted by Crippen LogP contribution is -2.30. The van der Waals surface area contributed by atoms with Crippen molar-refractivity contribution < 1.29 is 32.2 Å². The summed E-state index contributed by atoms with van der Waals surface area (Å²) in [5.41, 5.74) is -0.0139. The molecular weight excluding hydrogens is 363 g/mol. The van der Waals surface area contributed by atoms with E-state index in [9.17, 15) is 22.8 Å². The molecule has 144 valence electrons. The third-order valence-electron chi connectivity index (χ3n) is 3.69. The first-order valence-electron chi connectivity index (χ1n) is 8.04. The zero-order chi connectivity index (χ0) is 19.9. The van der Waals surface area contributed by atoms with Gasteiger partial charge in [0.05, 0.1) is 18.2 Å². The van der Waals surface area contributed by atoms with Crippen LogP contribution in [0.2, 0.25) is 0 Å². The van der Waals surface area contributed by atoms with Crippen LogP contribution >= 0.6 is 0 Å². The van der Waals surface area contributed by atoms with Gasteiger partial charge in [-0.25, -0.2) is 4.79 Å². The van der Waals surface area contributed by atoms with Crippen molar-refractivity contribution in [2.75, 3.05) is 20.3 Å². The summed E-state index contributed by atoms with van der Waals surface area (Å²) in [5, 5.41) is 2.60. The predicted octanol–water partition coefficient (Wildman–Crippen LogP) is 3.23. The summed E-state index contributed by atoms with van der Waals surface area (Å²) in [6.45, 7) is -0.206. The van der Waals surface area contributed by atoms with Gasteiger partial charge in [0.25, 0.3) is 5.91 Å². The van der Waals surface area contributed by atoms with E-state index in [-0.39, 0.29) is 5.56 Å². The first kappa shape index (κ1) is 20.3. The number of halogens is 3. The van der Waals surface area contributed by atoms with E-state index >= 15 is 0 Å². The van der Waals surface area contributed by atoms with Crippen LogP contribution in [0, 0.1) is 0 Å². The molecule has 1 N–H and O–H groups in total. The van der Waals surface area contributed by atoms with Crippen LogP contribution in [0.5, 0.6) is 5.75 Å². The maximum Gasteiger partial charge on any atom is 0.416 e. The summed E-state index contributed by atoms with van der Waals surface area (Å²) in [6, 6.07) is 10.9. The summed E-state index contributed by atoms with van der Waals surface area (Å²) in [6.07, 6.45) is -3.95. The average Bonchev–Trinajstić information content (AvgIpc) is 2.66. The van der Waals surface area contributed by atoms with Gasteiger partial charge in [0, 0.05) is 6.54 Å². The molecule has 0 radical (unpaired) electrons. The van der Waals surface area contributed by atoms with Crippen LogP contribution in [0.4, 0.5) is 13.2 Å². The van der Waals surface area contributed by atoms with E-state index < -0.39 is 30.2 Å². The normalized spacial score (nSPS) is 11.0. The highest BCUT2D eigenvalue weighted by Gasteiger charge is 2.30. The second-order valence-electron chi connectivity index (χ2n) is 5.56. The number of methoxy groups -OCH3 is 1. The van der Waals surface area contributed by atoms with E-state index in [1.165, 1.54) is 0 Å². The van der Waals surface area contributed by atoms with Gasteiger partial charge in [0.15, 0.2) is 6.61 Å². The van der Waals surface area contributed by atoms with Gasteiger partial charge in [0.1, 0.15) is 5.75 Å². The third kappa shape index (κ3) is 6.02. The quantitative estimate of drug-likeness (QED) is 0.748. The molecule has 0 saturated heterocycles. The smallest absolute Gasteiger partial charge is 0.416 e. The molecule has 27 heavy (non-hydrogen) atoms. The number of benzene rings is 2. The number of carbonyl (C=O) groups excluding carboxylic acids is 2. The van der Waals surface area contributed by atoms with Crippen molar-refractivity contribution >= 4 is 11.9 Å². The highest BCUT2D eigenvalue weighted by atomic mass is 19.4. The molecule has 0 saturated carbocycles. The van der Waals surface area contributed by atoms with Gasteiger partial charge < -0.3 is 14.8 Å². The Kier molecular flexibility index (Phi) is 6.81. The van der Waals surface area contributed by atoms with E-state index in [1.807, 2.05) is 24.3 Å². The minimum atomic E-state index is -4.48. The second-order valence-corrected chi connectivity index (χ2v) is 5.56. The minimum Gasteiger partial charge on any atom is -0.496 e. The number of hydrogen-bond acceptors (Lipinski definition) is 4. The van der Waals surface area contributed by atoms with Gasteiger partial charge in [-0.1, -0.05) is 18.2 Å². The van der Waals surface area contributed by atoms with E-state index in [0.717, 1.165) is 29.8 Å². The van der Waals surface area contributed by atoms with E-state index in [1.54, 1.807) is 7.11 Å². The van der Waals surface area contributed by atoms with Crippen molar-refractivity contribution in [3.63, 3.8) is 0 Å². The molecule has 5 nitrogen and oxygen atoms in total. The summed E-state index contributed by atoms with van der Waals surface area (Å²) < 4.78 is 47.5. The van der Waals surface area contributed by atoms with Gasteiger partial charge in [-0.2, -0.15) is 13.2 Å². The first-order valence-corrected chi connectivity index (χ1v) is 8.04. The standard InChI is InChI=1S/C19H18F3NO4/c1-26-16-5-3-2-4-13(16)10-11-23-17(24)12-27-18(25)14-6-8-15(9-7-14)19(20,21)22/h2-9H,10-12H2,1H3,(H,23,24). The molecule has 0 unspecified atom stereocenters. The molecule has 0 aromatic heterocycles. The van der Waals surface area contributed by atoms with Crippen LogP contribution in [0.1, 0.15) is 21.5 Å². The van der Waals surface area contributed by atoms with Gasteiger partial charge in [0.2, 0.25) is 0 Å². The van der Waals surface area contributed by atoms with E-state index in [4.69, 9.17) is 9.47 Å². The summed E-state index contributed by atoms with van der Waals surface area (Å²) in [4.78, 5) is 23.5. The molecule has 0 bridgehead atoms. The average molecular weight is 381 g/mol. The summed E-state index contributed by atoms with van der Waals surface area (Å²) in [5.74, 6) is -0.672. The number of esters is 1. The molecule has 0 aliphatic rings. The lowest BCUT2D eigenvalue weighted by Gasteiger charge is -2.10. The number of rotatable bonds is 7. The molecule has 8 heteroatoms. The molecule has 0 heterocycles. The monoisotopic (exact) mass is 381 g/mol. The number of ether oxygens (including phenoxy) is 2. The van der Waals surface area contributed by atoms with E-state index in [0.29, 0.717) is 18.7 Å². The molecular formula is C19H18F3NO4. The number of carbonyl (C=O) groups is 2. The van der Waals surface area contributed by atoms with Crippen LogP contribution in [0.25, 0.3) is 0 Å². The van der Waals surface area contributed by atoms with Gasteiger partial charge >= 0.3 is 12.1 Å². The Morgan fingerprint density at radius 2 is 1.70 bits per heavy atom. The Morgan fingerprint density at radius 1 is 1.04 bits per heavy atom. The number of hydrogen-bond donors (Lipinski definition) is 1. The van der Waals surface area contributed by atoms with Crippen molar-refractivity contribution in [2.24, 2.45) is 0 Å². The number of amides is 1. The zero-order valence-corrected chi connectivity index (χ0v) is 14.5. The Labute approximate surface area is 154 Å². The van der Waals surface area contributed by atoms with Crippen molar-refractivity contribution in [3.8, 4) is 5.75 Å². The zero-order valence-electron chi connectivity index (χ0n) is 14.5. The summed E-state index contributed by atoms with van der Waals surface area (Å²) >= 11 is 0. The maximum atomic E-state index is 12.5. The molecule has 0 aliphatic carbocycles. The van der Waals surface area contributed by atoms with Gasteiger partial charge in [-0.15, -0.1) is 0 Å². The Morgan fingerprint density at radius 3 is 2.33 bits per heavy atom. The molecule has 2 rings (SSSR count). The molecule has 2 aromatic carbocycles. The van der Waals surface area contributed by atoms with Crippen LogP contribution < -0.4 is 10.1 Å². The van der Waals surface area contributed by atoms with Crippen molar-refractivity contribution in [3.05, 3.63) is 65.2 Å². The fourth-order valence-corrected chi connectivity index (χ4v) is 2.31. The number of nitrogens with one attached hydrogen (secondary N) is 1. The second kappa shape index (κ2) is 9.07. The largest absolute Gasteiger partial charge is 0.496 e. The van der Waals surface area contributed by atoms with Crippen LogP contribution in [-0.2, 0) is 22.1 Å². The molecule has 2 aromatic rings. The Bertz CT molecular complexity index is 788. The van der Waals surface area contributed by atoms with Gasteiger partial charge in [-0.3, -0.25) is 4.79 Å². The topological polar surface area (TPSA) is 64.6 Å². The summed E-state index contributed by atoms with van der Waals surface area (Å²) in [7, 11) is 1.55. The van der Waals surface area contributed by atoms with Crippen molar-refractivity contribution in [1.82, 2.24) is 5.32 Å². The third-order valence-corrected chi connectivity index (χ3v) is 3.69. The molecule has 0 spiro atoms. The molecule has 0 aliphatic heterocycles. The fourth-order valence-electron chi connectivity index (χ4n) is 2.31. The lowest BCUT2D eigenvalue weighted by atomic mass is 10.1. The molecule has 0 atom stereocenters. The van der Waals surface area contributed by atoms with Crippen LogP contribution in [-0.4, -0.2) is 32.1 Å². The Hall–Kier alpha value is -3.03. The highest BCUT2D eigenvalue weighted by molar-refractivity contribution is 5.91. The molecule has 0 fully saturated rings. The SMILES string of the molecule is COc1ccccc1CCNC(=O)COC(=O)c1ccc(C(F)(F)F)cc1. The highest BCUT2D eigenvalue weighted by Crippen LogP contribution is 2.29. The first-order chi connectivity index (χ1) is 12.8. The van der Waals surface area contributed by atoms with Crippen LogP contribution in [0.15, 0.2) is 48.5 Å². The van der Waals surface area contributed by atoms with Crippen molar-refractivity contribution in [1.29, 1.82) is 0 Å². The van der Waals surface area contributed by atoms with Crippen molar-refractivity contribution in [2.45, 2.75) is 12.6 Å². The predicted molar refractivity (Wildman–Crippen MR) is 91.4 cm³/mol. The minimum absolute atomic E-state index is 0.0650. The number of alkyl halides is 3. The Balaban J connectivity index is 1.77. The molecule has 1 amide bonds. The lowest BCUT2D eigenvalue weighted by molar-refractivity contribution is -0.137. The van der Waals surface area contributed by atoms with E-state index in [2.05, 4.69) is 5.32 Å². The number of para-hydroxylation sites is 1. The van der Waals surface area contributed by atoms with Gasteiger partial charge in [-0.05, 0) is 42.3 Å². The fraction of sp³-hybridized carbons (Fsp3) is 0.263.